The van der Waals surface area contributed by atoms with Crippen LogP contribution in [0.5, 0.6) is 5.75 Å². The number of aliphatic hydroxyl groups is 1. The van der Waals surface area contributed by atoms with E-state index in [2.05, 4.69) is 26.1 Å². The maximum Gasteiger partial charge on any atom is 0.138 e. The van der Waals surface area contributed by atoms with Crippen molar-refractivity contribution in [3.8, 4) is 5.75 Å². The summed E-state index contributed by atoms with van der Waals surface area (Å²) in [7, 11) is 0. The van der Waals surface area contributed by atoms with Crippen molar-refractivity contribution in [3.05, 3.63) is 64.7 Å². The molecule has 0 saturated heterocycles. The number of hydrogen-bond donors (Lipinski definition) is 2. The molecule has 0 bridgehead atoms. The summed E-state index contributed by atoms with van der Waals surface area (Å²) in [5, 5.41) is 14.1. The number of hydrogen-bond acceptors (Lipinski definition) is 3. The third-order valence-electron chi connectivity index (χ3n) is 3.42. The molecule has 0 fully saturated rings. The van der Waals surface area contributed by atoms with Crippen molar-refractivity contribution in [1.82, 2.24) is 5.32 Å². The van der Waals surface area contributed by atoms with Crippen LogP contribution >= 0.6 is 11.6 Å². The third-order valence-corrected chi connectivity index (χ3v) is 3.82. The predicted octanol–water partition coefficient (Wildman–Crippen LogP) is 4.34. The van der Waals surface area contributed by atoms with Crippen LogP contribution in [0.4, 0.5) is 0 Å². The molecule has 0 aliphatic rings. The average Bonchev–Trinajstić information content (AvgIpc) is 2.52. The number of aliphatic hydroxyl groups excluding tert-OH is 1. The molecule has 0 saturated carbocycles. The van der Waals surface area contributed by atoms with Gasteiger partial charge in [0.2, 0.25) is 0 Å². The van der Waals surface area contributed by atoms with Crippen molar-refractivity contribution in [2.45, 2.75) is 39.0 Å². The summed E-state index contributed by atoms with van der Waals surface area (Å²) >= 11 is 6.41. The summed E-state index contributed by atoms with van der Waals surface area (Å²) in [6.07, 6.45) is -0.679. The van der Waals surface area contributed by atoms with Crippen LogP contribution in [0.15, 0.2) is 48.5 Å². The van der Waals surface area contributed by atoms with Gasteiger partial charge < -0.3 is 15.2 Å². The van der Waals surface area contributed by atoms with Crippen LogP contribution in [0.25, 0.3) is 0 Å². The quantitative estimate of drug-likeness (QED) is 0.826. The maximum absolute atomic E-state index is 10.4. The van der Waals surface area contributed by atoms with Crippen LogP contribution in [0.2, 0.25) is 5.02 Å². The number of benzene rings is 2. The molecule has 4 heteroatoms. The normalized spacial score (nSPS) is 12.9. The van der Waals surface area contributed by atoms with Crippen molar-refractivity contribution in [2.24, 2.45) is 0 Å². The minimum absolute atomic E-state index is 0.0606. The van der Waals surface area contributed by atoms with Gasteiger partial charge in [-0.2, -0.15) is 0 Å². The van der Waals surface area contributed by atoms with Gasteiger partial charge in [0.1, 0.15) is 12.4 Å². The van der Waals surface area contributed by atoms with Gasteiger partial charge in [0, 0.05) is 17.6 Å². The van der Waals surface area contributed by atoms with E-state index in [-0.39, 0.29) is 5.54 Å². The number of halogens is 1. The molecular formula is C19H24ClNO2. The molecule has 0 spiro atoms. The monoisotopic (exact) mass is 333 g/mol. The topological polar surface area (TPSA) is 41.5 Å². The van der Waals surface area contributed by atoms with E-state index in [9.17, 15) is 5.11 Å². The Morgan fingerprint density at radius 3 is 2.43 bits per heavy atom. The zero-order chi connectivity index (χ0) is 16.9. The molecular weight excluding hydrogens is 310 g/mol. The largest absolute Gasteiger partial charge is 0.487 e. The van der Waals surface area contributed by atoms with Crippen molar-refractivity contribution >= 4 is 11.6 Å². The molecule has 1 unspecified atom stereocenters. The highest BCUT2D eigenvalue weighted by atomic mass is 35.5. The first-order valence-electron chi connectivity index (χ1n) is 7.75. The van der Waals surface area contributed by atoms with Gasteiger partial charge >= 0.3 is 0 Å². The van der Waals surface area contributed by atoms with Crippen LogP contribution in [-0.4, -0.2) is 17.2 Å². The molecule has 0 radical (unpaired) electrons. The van der Waals surface area contributed by atoms with E-state index in [1.165, 1.54) is 0 Å². The third kappa shape index (κ3) is 5.54. The minimum Gasteiger partial charge on any atom is -0.487 e. The Labute approximate surface area is 143 Å². The summed E-state index contributed by atoms with van der Waals surface area (Å²) in [5.74, 6) is 0.586. The predicted molar refractivity (Wildman–Crippen MR) is 94.9 cm³/mol. The fourth-order valence-electron chi connectivity index (χ4n) is 2.14. The Morgan fingerprint density at radius 2 is 1.78 bits per heavy atom. The van der Waals surface area contributed by atoms with E-state index in [4.69, 9.17) is 16.3 Å². The molecule has 124 valence electrons. The smallest absolute Gasteiger partial charge is 0.138 e. The number of ether oxygens (including phenoxy) is 1. The zero-order valence-electron chi connectivity index (χ0n) is 13.8. The lowest BCUT2D eigenvalue weighted by Gasteiger charge is -2.23. The molecule has 0 heterocycles. The second-order valence-corrected chi connectivity index (χ2v) is 6.96. The molecule has 1 atom stereocenters. The lowest BCUT2D eigenvalue weighted by molar-refractivity contribution is 0.163. The molecule has 2 aromatic carbocycles. The Kier molecular flexibility index (Phi) is 6.05. The Bertz CT molecular complexity index is 623. The van der Waals surface area contributed by atoms with Gasteiger partial charge in [-0.05, 0) is 32.4 Å². The van der Waals surface area contributed by atoms with E-state index in [0.29, 0.717) is 29.5 Å². The minimum atomic E-state index is -0.679. The highest BCUT2D eigenvalue weighted by molar-refractivity contribution is 6.32. The summed E-state index contributed by atoms with van der Waals surface area (Å²) in [4.78, 5) is 0. The van der Waals surface area contributed by atoms with Gasteiger partial charge in [-0.25, -0.2) is 0 Å². The maximum atomic E-state index is 10.4. The van der Waals surface area contributed by atoms with Crippen LogP contribution in [0.3, 0.4) is 0 Å². The van der Waals surface area contributed by atoms with E-state index in [0.717, 1.165) is 5.56 Å². The molecule has 2 aromatic rings. The summed E-state index contributed by atoms with van der Waals surface area (Å²) in [5.41, 5.74) is 1.69. The van der Waals surface area contributed by atoms with E-state index < -0.39 is 6.10 Å². The van der Waals surface area contributed by atoms with Crippen molar-refractivity contribution in [2.75, 3.05) is 6.54 Å². The van der Waals surface area contributed by atoms with Gasteiger partial charge in [0.05, 0.1) is 11.1 Å². The van der Waals surface area contributed by atoms with E-state index in [1.54, 1.807) is 0 Å². The fourth-order valence-corrected chi connectivity index (χ4v) is 2.45. The number of β-amino-alcohol motifs (C(OH)–C–C–N with tert-alkyl or cyclic N) is 1. The summed E-state index contributed by atoms with van der Waals surface area (Å²) in [6, 6.07) is 15.4. The SMILES string of the molecule is CC(C)(C)NCC(O)c1cccc(OCc2ccccc2)c1Cl. The van der Waals surface area contributed by atoms with Crippen LogP contribution in [0, 0.1) is 0 Å². The lowest BCUT2D eigenvalue weighted by Crippen LogP contribution is -2.38. The van der Waals surface area contributed by atoms with Crippen LogP contribution in [0.1, 0.15) is 38.0 Å². The Morgan fingerprint density at radius 1 is 1.09 bits per heavy atom. The summed E-state index contributed by atoms with van der Waals surface area (Å²) < 4.78 is 5.80. The van der Waals surface area contributed by atoms with Crippen LogP contribution < -0.4 is 10.1 Å². The van der Waals surface area contributed by atoms with Crippen molar-refractivity contribution < 1.29 is 9.84 Å². The van der Waals surface area contributed by atoms with Crippen molar-refractivity contribution in [3.63, 3.8) is 0 Å². The van der Waals surface area contributed by atoms with Crippen LogP contribution in [-0.2, 0) is 6.61 Å². The second-order valence-electron chi connectivity index (χ2n) is 6.58. The van der Waals surface area contributed by atoms with Gasteiger partial charge in [0.15, 0.2) is 0 Å². The number of nitrogens with one attached hydrogen (secondary N) is 1. The highest BCUT2D eigenvalue weighted by Gasteiger charge is 2.17. The van der Waals surface area contributed by atoms with Gasteiger partial charge in [-0.1, -0.05) is 54.1 Å². The molecule has 0 aliphatic carbocycles. The molecule has 0 aromatic heterocycles. The van der Waals surface area contributed by atoms with Gasteiger partial charge in [0.25, 0.3) is 0 Å². The van der Waals surface area contributed by atoms with Gasteiger partial charge in [-0.3, -0.25) is 0 Å². The average molecular weight is 334 g/mol. The fraction of sp³-hybridized carbons (Fsp3) is 0.368. The number of rotatable bonds is 6. The first-order valence-corrected chi connectivity index (χ1v) is 8.13. The molecule has 23 heavy (non-hydrogen) atoms. The molecule has 2 N–H and O–H groups in total. The first kappa shape index (κ1) is 17.8. The molecule has 3 nitrogen and oxygen atoms in total. The Hall–Kier alpha value is -1.55. The zero-order valence-corrected chi connectivity index (χ0v) is 14.6. The molecule has 2 rings (SSSR count). The van der Waals surface area contributed by atoms with E-state index in [1.807, 2.05) is 48.5 Å². The molecule has 0 amide bonds. The molecule has 0 aliphatic heterocycles. The summed E-state index contributed by atoms with van der Waals surface area (Å²) in [6.45, 7) is 7.05. The van der Waals surface area contributed by atoms with Crippen molar-refractivity contribution in [1.29, 1.82) is 0 Å². The van der Waals surface area contributed by atoms with Gasteiger partial charge in [-0.15, -0.1) is 0 Å². The lowest BCUT2D eigenvalue weighted by atomic mass is 10.1. The Balaban J connectivity index is 2.05. The standard InChI is InChI=1S/C19H24ClNO2/c1-19(2,3)21-12-16(22)15-10-7-11-17(18(15)20)23-13-14-8-5-4-6-9-14/h4-11,16,21-22H,12-13H2,1-3H3. The second kappa shape index (κ2) is 7.82. The first-order chi connectivity index (χ1) is 10.9. The van der Waals surface area contributed by atoms with E-state index >= 15 is 0 Å². The highest BCUT2D eigenvalue weighted by Crippen LogP contribution is 2.32.